The molecule has 14 heavy (non-hydrogen) atoms. The zero-order valence-corrected chi connectivity index (χ0v) is 8.10. The molecule has 3 heteroatoms. The average Bonchev–Trinajstić information content (AvgIpc) is 2.98. The first-order valence-corrected chi connectivity index (χ1v) is 4.91. The predicted octanol–water partition coefficient (Wildman–Crippen LogP) is 2.38. The molecule has 0 amide bonds. The molecule has 0 spiro atoms. The lowest BCUT2D eigenvalue weighted by Crippen LogP contribution is -1.97. The molecule has 1 aromatic heterocycles. The summed E-state index contributed by atoms with van der Waals surface area (Å²) in [7, 11) is 1.68. The Balaban J connectivity index is 2.29. The number of nitrogens with zero attached hydrogens (tertiary/aromatic N) is 2. The highest BCUT2D eigenvalue weighted by molar-refractivity contribution is 5.77. The number of aromatic nitrogens is 2. The second-order valence-electron chi connectivity index (χ2n) is 3.69. The first kappa shape index (κ1) is 7.85. The number of ether oxygens (including phenoxy) is 1. The van der Waals surface area contributed by atoms with Crippen LogP contribution in [0.2, 0.25) is 0 Å². The zero-order chi connectivity index (χ0) is 9.54. The molecule has 3 rings (SSSR count). The van der Waals surface area contributed by atoms with E-state index in [1.807, 2.05) is 18.2 Å². The van der Waals surface area contributed by atoms with Gasteiger partial charge in [-0.3, -0.25) is 4.57 Å². The highest BCUT2D eigenvalue weighted by atomic mass is 16.5. The molecular formula is C11H12N2O. The maximum absolute atomic E-state index is 5.28. The number of hydrogen-bond acceptors (Lipinski definition) is 2. The first-order chi connectivity index (χ1) is 6.90. The highest BCUT2D eigenvalue weighted by Gasteiger charge is 2.28. The third-order valence-corrected chi connectivity index (χ3v) is 2.66. The summed E-state index contributed by atoms with van der Waals surface area (Å²) in [4.78, 5) is 4.43. The minimum absolute atomic E-state index is 0.609. The molecule has 0 aliphatic heterocycles. The van der Waals surface area contributed by atoms with Crippen molar-refractivity contribution in [1.29, 1.82) is 0 Å². The standard InChI is InChI=1S/C11H12N2O/c1-14-11-12-9-4-2-3-5-10(9)13(11)8-6-7-8/h2-5,8H,6-7H2,1H3. The Morgan fingerprint density at radius 1 is 1.36 bits per heavy atom. The van der Waals surface area contributed by atoms with E-state index < -0.39 is 0 Å². The van der Waals surface area contributed by atoms with Gasteiger partial charge in [0.25, 0.3) is 6.01 Å². The quantitative estimate of drug-likeness (QED) is 0.723. The van der Waals surface area contributed by atoms with Crippen molar-refractivity contribution in [1.82, 2.24) is 9.55 Å². The van der Waals surface area contributed by atoms with Crippen molar-refractivity contribution in [3.05, 3.63) is 24.3 Å². The molecule has 0 radical (unpaired) electrons. The normalized spacial score (nSPS) is 16.1. The van der Waals surface area contributed by atoms with Gasteiger partial charge in [0.2, 0.25) is 0 Å². The maximum Gasteiger partial charge on any atom is 0.297 e. The Hall–Kier alpha value is -1.51. The number of para-hydroxylation sites is 2. The molecule has 1 aliphatic rings. The molecule has 0 saturated heterocycles. The van der Waals surface area contributed by atoms with Crippen LogP contribution in [-0.4, -0.2) is 16.7 Å². The summed E-state index contributed by atoms with van der Waals surface area (Å²) in [5.41, 5.74) is 2.21. The Morgan fingerprint density at radius 3 is 2.86 bits per heavy atom. The highest BCUT2D eigenvalue weighted by Crippen LogP contribution is 2.40. The number of benzene rings is 1. The van der Waals surface area contributed by atoms with Crippen LogP contribution in [0, 0.1) is 0 Å². The van der Waals surface area contributed by atoms with Gasteiger partial charge in [-0.05, 0) is 25.0 Å². The summed E-state index contributed by atoms with van der Waals surface area (Å²) in [5, 5.41) is 0. The van der Waals surface area contributed by atoms with Crippen LogP contribution in [0.15, 0.2) is 24.3 Å². The Kier molecular flexibility index (Phi) is 1.54. The maximum atomic E-state index is 5.28. The van der Waals surface area contributed by atoms with Gasteiger partial charge in [-0.2, -0.15) is 4.98 Å². The summed E-state index contributed by atoms with van der Waals surface area (Å²) >= 11 is 0. The van der Waals surface area contributed by atoms with Crippen LogP contribution in [-0.2, 0) is 0 Å². The molecule has 0 unspecified atom stereocenters. The van der Waals surface area contributed by atoms with E-state index in [-0.39, 0.29) is 0 Å². The number of imidazole rings is 1. The van der Waals surface area contributed by atoms with Crippen LogP contribution in [0.5, 0.6) is 6.01 Å². The number of fused-ring (bicyclic) bond motifs is 1. The lowest BCUT2D eigenvalue weighted by Gasteiger charge is -2.04. The van der Waals surface area contributed by atoms with Gasteiger partial charge in [-0.1, -0.05) is 12.1 Å². The van der Waals surface area contributed by atoms with Crippen LogP contribution in [0.4, 0.5) is 0 Å². The van der Waals surface area contributed by atoms with Crippen molar-refractivity contribution in [3.63, 3.8) is 0 Å². The van der Waals surface area contributed by atoms with E-state index in [2.05, 4.69) is 15.6 Å². The van der Waals surface area contributed by atoms with E-state index in [1.54, 1.807) is 7.11 Å². The fourth-order valence-electron chi connectivity index (χ4n) is 1.85. The Bertz CT molecular complexity index is 471. The predicted molar refractivity (Wildman–Crippen MR) is 54.6 cm³/mol. The summed E-state index contributed by atoms with van der Waals surface area (Å²) in [6, 6.07) is 9.53. The van der Waals surface area contributed by atoms with Gasteiger partial charge in [0, 0.05) is 6.04 Å². The van der Waals surface area contributed by atoms with E-state index in [4.69, 9.17) is 4.74 Å². The van der Waals surface area contributed by atoms with Crippen molar-refractivity contribution < 1.29 is 4.74 Å². The van der Waals surface area contributed by atoms with Crippen molar-refractivity contribution in [3.8, 4) is 6.01 Å². The van der Waals surface area contributed by atoms with E-state index in [0.29, 0.717) is 6.04 Å². The van der Waals surface area contributed by atoms with E-state index in [1.165, 1.54) is 18.4 Å². The molecule has 2 aromatic rings. The van der Waals surface area contributed by atoms with Crippen molar-refractivity contribution in [2.45, 2.75) is 18.9 Å². The van der Waals surface area contributed by atoms with Gasteiger partial charge in [-0.25, -0.2) is 0 Å². The molecule has 0 atom stereocenters. The molecule has 72 valence electrons. The van der Waals surface area contributed by atoms with Gasteiger partial charge in [0.15, 0.2) is 0 Å². The van der Waals surface area contributed by atoms with Crippen LogP contribution in [0.1, 0.15) is 18.9 Å². The fourth-order valence-corrected chi connectivity index (χ4v) is 1.85. The molecule has 1 aliphatic carbocycles. The largest absolute Gasteiger partial charge is 0.468 e. The third-order valence-electron chi connectivity index (χ3n) is 2.66. The SMILES string of the molecule is COc1nc2ccccc2n1C1CC1. The topological polar surface area (TPSA) is 27.1 Å². The Labute approximate surface area is 82.3 Å². The fraction of sp³-hybridized carbons (Fsp3) is 0.364. The number of rotatable bonds is 2. The lowest BCUT2D eigenvalue weighted by atomic mass is 10.3. The summed E-state index contributed by atoms with van der Waals surface area (Å²) in [6.45, 7) is 0. The minimum Gasteiger partial charge on any atom is -0.468 e. The summed E-state index contributed by atoms with van der Waals surface area (Å²) in [6.07, 6.45) is 2.49. The molecule has 0 N–H and O–H groups in total. The van der Waals surface area contributed by atoms with Gasteiger partial charge in [0.1, 0.15) is 0 Å². The van der Waals surface area contributed by atoms with Crippen LogP contribution in [0.25, 0.3) is 11.0 Å². The van der Waals surface area contributed by atoms with Gasteiger partial charge in [-0.15, -0.1) is 0 Å². The Morgan fingerprint density at radius 2 is 2.14 bits per heavy atom. The van der Waals surface area contributed by atoms with E-state index >= 15 is 0 Å². The monoisotopic (exact) mass is 188 g/mol. The molecule has 1 fully saturated rings. The van der Waals surface area contributed by atoms with Crippen molar-refractivity contribution in [2.24, 2.45) is 0 Å². The average molecular weight is 188 g/mol. The molecule has 3 nitrogen and oxygen atoms in total. The summed E-state index contributed by atoms with van der Waals surface area (Å²) < 4.78 is 7.49. The molecule has 1 aromatic carbocycles. The summed E-state index contributed by atoms with van der Waals surface area (Å²) in [5.74, 6) is 0. The van der Waals surface area contributed by atoms with Crippen LogP contribution in [0.3, 0.4) is 0 Å². The van der Waals surface area contributed by atoms with Crippen LogP contribution >= 0.6 is 0 Å². The van der Waals surface area contributed by atoms with Gasteiger partial charge in [0.05, 0.1) is 18.1 Å². The van der Waals surface area contributed by atoms with Gasteiger partial charge < -0.3 is 4.74 Å². The van der Waals surface area contributed by atoms with Crippen molar-refractivity contribution >= 4 is 11.0 Å². The van der Waals surface area contributed by atoms with Gasteiger partial charge >= 0.3 is 0 Å². The molecule has 0 bridgehead atoms. The van der Waals surface area contributed by atoms with E-state index in [0.717, 1.165) is 11.5 Å². The van der Waals surface area contributed by atoms with Crippen LogP contribution < -0.4 is 4.74 Å². The molecule has 1 saturated carbocycles. The minimum atomic E-state index is 0.609. The van der Waals surface area contributed by atoms with E-state index in [9.17, 15) is 0 Å². The number of methoxy groups -OCH3 is 1. The third kappa shape index (κ3) is 1.02. The second-order valence-corrected chi connectivity index (χ2v) is 3.69. The zero-order valence-electron chi connectivity index (χ0n) is 8.10. The smallest absolute Gasteiger partial charge is 0.297 e. The first-order valence-electron chi connectivity index (χ1n) is 4.91. The molecule has 1 heterocycles. The van der Waals surface area contributed by atoms with Crippen molar-refractivity contribution in [2.75, 3.05) is 7.11 Å². The number of hydrogen-bond donors (Lipinski definition) is 0. The lowest BCUT2D eigenvalue weighted by molar-refractivity contribution is 0.360. The second kappa shape index (κ2) is 2.74. The molecular weight excluding hydrogens is 176 g/mol.